The van der Waals surface area contributed by atoms with E-state index >= 15 is 0 Å². The molecule has 0 aliphatic carbocycles. The number of amides is 1. The van der Waals surface area contributed by atoms with Gasteiger partial charge in [0, 0.05) is 6.54 Å². The molecule has 0 radical (unpaired) electrons. The van der Waals surface area contributed by atoms with E-state index in [0.717, 1.165) is 0 Å². The van der Waals surface area contributed by atoms with Gasteiger partial charge in [0.05, 0.1) is 12.5 Å². The van der Waals surface area contributed by atoms with Gasteiger partial charge in [-0.2, -0.15) is 5.26 Å². The van der Waals surface area contributed by atoms with E-state index in [4.69, 9.17) is 14.7 Å². The molecule has 1 amide bonds. The molecule has 0 spiro atoms. The fourth-order valence-corrected chi connectivity index (χ4v) is 1.45. The van der Waals surface area contributed by atoms with Gasteiger partial charge >= 0.3 is 5.97 Å². The molecule has 0 bridgehead atoms. The number of carbonyl (C=O) groups excluding carboxylic acids is 2. The summed E-state index contributed by atoms with van der Waals surface area (Å²) >= 11 is 0. The number of nitriles is 1. The molecule has 1 aromatic rings. The van der Waals surface area contributed by atoms with Crippen molar-refractivity contribution in [3.8, 4) is 11.8 Å². The van der Waals surface area contributed by atoms with Crippen LogP contribution in [-0.2, 0) is 14.3 Å². The molecule has 0 unspecified atom stereocenters. The summed E-state index contributed by atoms with van der Waals surface area (Å²) in [5, 5.41) is 10.8. The Morgan fingerprint density at radius 2 is 1.95 bits per heavy atom. The minimum Gasteiger partial charge on any atom is -0.476 e. The lowest BCUT2D eigenvalue weighted by atomic mass is 10.1. The van der Waals surface area contributed by atoms with E-state index in [9.17, 15) is 14.0 Å². The van der Waals surface area contributed by atoms with Gasteiger partial charge in [-0.25, -0.2) is 9.18 Å². The Morgan fingerprint density at radius 1 is 1.32 bits per heavy atom. The summed E-state index contributed by atoms with van der Waals surface area (Å²) in [6, 6.07) is 7.07. The van der Waals surface area contributed by atoms with Gasteiger partial charge in [0.2, 0.25) is 0 Å². The molecule has 0 aliphatic heterocycles. The monoisotopic (exact) mass is 308 g/mol. The van der Waals surface area contributed by atoms with E-state index in [0.29, 0.717) is 5.75 Å². The van der Waals surface area contributed by atoms with Crippen molar-refractivity contribution in [3.05, 3.63) is 30.1 Å². The smallest absolute Gasteiger partial charge is 0.350 e. The first-order chi connectivity index (χ1) is 10.3. The Hall–Kier alpha value is -2.62. The van der Waals surface area contributed by atoms with Gasteiger partial charge < -0.3 is 14.8 Å². The fourth-order valence-electron chi connectivity index (χ4n) is 1.45. The molecule has 0 saturated heterocycles. The summed E-state index contributed by atoms with van der Waals surface area (Å²) in [6.45, 7) is 2.70. The molecule has 0 aliphatic rings. The third kappa shape index (κ3) is 5.79. The number of esters is 1. The highest BCUT2D eigenvalue weighted by molar-refractivity contribution is 5.83. The lowest BCUT2D eigenvalue weighted by Crippen LogP contribution is -2.41. The third-order valence-corrected chi connectivity index (χ3v) is 2.57. The molecule has 7 heteroatoms. The van der Waals surface area contributed by atoms with E-state index in [1.54, 1.807) is 0 Å². The Bertz CT molecular complexity index is 564. The molecular weight excluding hydrogens is 291 g/mol. The Kier molecular flexibility index (Phi) is 6.32. The normalized spacial score (nSPS) is 10.5. The average Bonchev–Trinajstić information content (AvgIpc) is 2.47. The quantitative estimate of drug-likeness (QED) is 0.610. The zero-order chi connectivity index (χ0) is 16.6. The van der Waals surface area contributed by atoms with Crippen LogP contribution < -0.4 is 10.1 Å². The van der Waals surface area contributed by atoms with Crippen molar-refractivity contribution in [1.82, 2.24) is 5.32 Å². The van der Waals surface area contributed by atoms with Crippen molar-refractivity contribution in [2.24, 2.45) is 0 Å². The minimum atomic E-state index is -1.33. The standard InChI is InChI=1S/C15H17FN2O4/c1-15(2,22-12-6-4-11(16)5-7-12)14(20)21-10-13(19)18-9-3-8-17/h4-7H,3,9-10H2,1-2H3,(H,18,19). The largest absolute Gasteiger partial charge is 0.476 e. The van der Waals surface area contributed by atoms with Gasteiger partial charge in [0.25, 0.3) is 5.91 Å². The molecule has 0 fully saturated rings. The van der Waals surface area contributed by atoms with Gasteiger partial charge in [0.1, 0.15) is 11.6 Å². The first-order valence-corrected chi connectivity index (χ1v) is 6.60. The molecule has 0 aromatic heterocycles. The highest BCUT2D eigenvalue weighted by Gasteiger charge is 2.32. The van der Waals surface area contributed by atoms with E-state index in [1.165, 1.54) is 38.1 Å². The van der Waals surface area contributed by atoms with Gasteiger partial charge in [-0.15, -0.1) is 0 Å². The van der Waals surface area contributed by atoms with Gasteiger partial charge in [0.15, 0.2) is 12.2 Å². The van der Waals surface area contributed by atoms with E-state index in [2.05, 4.69) is 5.32 Å². The Balaban J connectivity index is 2.47. The summed E-state index contributed by atoms with van der Waals surface area (Å²) in [7, 11) is 0. The highest BCUT2D eigenvalue weighted by atomic mass is 19.1. The third-order valence-electron chi connectivity index (χ3n) is 2.57. The maximum Gasteiger partial charge on any atom is 0.350 e. The van der Waals surface area contributed by atoms with Crippen LogP contribution in [0.4, 0.5) is 4.39 Å². The molecule has 6 nitrogen and oxygen atoms in total. The number of hydrogen-bond donors (Lipinski definition) is 1. The lowest BCUT2D eigenvalue weighted by molar-refractivity contribution is -0.162. The molecule has 0 saturated carbocycles. The molecule has 118 valence electrons. The van der Waals surface area contributed by atoms with Crippen molar-refractivity contribution in [1.29, 1.82) is 5.26 Å². The van der Waals surface area contributed by atoms with E-state index < -0.39 is 29.9 Å². The van der Waals surface area contributed by atoms with Crippen molar-refractivity contribution in [2.75, 3.05) is 13.2 Å². The van der Waals surface area contributed by atoms with Crippen LogP contribution in [-0.4, -0.2) is 30.6 Å². The first kappa shape index (κ1) is 17.4. The molecule has 1 N–H and O–H groups in total. The first-order valence-electron chi connectivity index (χ1n) is 6.60. The number of benzene rings is 1. The summed E-state index contributed by atoms with van der Waals surface area (Å²) in [5.41, 5.74) is -1.33. The SMILES string of the molecule is CC(C)(Oc1ccc(F)cc1)C(=O)OCC(=O)NCCC#N. The van der Waals surface area contributed by atoms with Crippen LogP contribution in [0.5, 0.6) is 5.75 Å². The molecule has 1 rings (SSSR count). The Morgan fingerprint density at radius 3 is 2.55 bits per heavy atom. The van der Waals surface area contributed by atoms with Crippen LogP contribution in [0.3, 0.4) is 0 Å². The zero-order valence-corrected chi connectivity index (χ0v) is 12.4. The lowest BCUT2D eigenvalue weighted by Gasteiger charge is -2.24. The second-order valence-corrected chi connectivity index (χ2v) is 4.90. The van der Waals surface area contributed by atoms with Crippen LogP contribution in [0, 0.1) is 17.1 Å². The number of halogens is 1. The zero-order valence-electron chi connectivity index (χ0n) is 12.4. The second kappa shape index (κ2) is 7.98. The Labute approximate surface area is 127 Å². The summed E-state index contributed by atoms with van der Waals surface area (Å²) in [6.07, 6.45) is 0.179. The van der Waals surface area contributed by atoms with Crippen LogP contribution in [0.25, 0.3) is 0 Å². The minimum absolute atomic E-state index is 0.179. The predicted molar refractivity (Wildman–Crippen MR) is 75.3 cm³/mol. The van der Waals surface area contributed by atoms with Crippen LogP contribution >= 0.6 is 0 Å². The van der Waals surface area contributed by atoms with Crippen molar-refractivity contribution in [3.63, 3.8) is 0 Å². The van der Waals surface area contributed by atoms with Crippen molar-refractivity contribution >= 4 is 11.9 Å². The number of ether oxygens (including phenoxy) is 2. The number of nitrogens with zero attached hydrogens (tertiary/aromatic N) is 1. The maximum atomic E-state index is 12.8. The highest BCUT2D eigenvalue weighted by Crippen LogP contribution is 2.19. The number of carbonyl (C=O) groups is 2. The average molecular weight is 308 g/mol. The molecular formula is C15H17FN2O4. The van der Waals surface area contributed by atoms with Crippen molar-refractivity contribution < 1.29 is 23.5 Å². The van der Waals surface area contributed by atoms with Crippen LogP contribution in [0.15, 0.2) is 24.3 Å². The van der Waals surface area contributed by atoms with E-state index in [1.807, 2.05) is 6.07 Å². The van der Waals surface area contributed by atoms with Gasteiger partial charge in [-0.3, -0.25) is 4.79 Å². The molecule has 0 atom stereocenters. The van der Waals surface area contributed by atoms with Crippen LogP contribution in [0.1, 0.15) is 20.3 Å². The second-order valence-electron chi connectivity index (χ2n) is 4.90. The molecule has 0 heterocycles. The molecule has 22 heavy (non-hydrogen) atoms. The predicted octanol–water partition coefficient (Wildman–Crippen LogP) is 1.56. The number of hydrogen-bond acceptors (Lipinski definition) is 5. The van der Waals surface area contributed by atoms with Crippen molar-refractivity contribution in [2.45, 2.75) is 25.9 Å². The van der Waals surface area contributed by atoms with Gasteiger partial charge in [-0.05, 0) is 38.1 Å². The summed E-state index contributed by atoms with van der Waals surface area (Å²) in [4.78, 5) is 23.3. The van der Waals surface area contributed by atoms with E-state index in [-0.39, 0.29) is 13.0 Å². The van der Waals surface area contributed by atoms with Gasteiger partial charge in [-0.1, -0.05) is 0 Å². The maximum absolute atomic E-state index is 12.8. The number of rotatable bonds is 7. The summed E-state index contributed by atoms with van der Waals surface area (Å²) in [5.74, 6) is -1.34. The summed E-state index contributed by atoms with van der Waals surface area (Å²) < 4.78 is 23.1. The molecule has 1 aromatic carbocycles. The van der Waals surface area contributed by atoms with Crippen LogP contribution in [0.2, 0.25) is 0 Å². The topological polar surface area (TPSA) is 88.4 Å². The number of nitrogens with one attached hydrogen (secondary N) is 1. The fraction of sp³-hybridized carbons (Fsp3) is 0.400.